The number of carbonyl (C=O) groups excluding carboxylic acids is 1. The summed E-state index contributed by atoms with van der Waals surface area (Å²) in [5.74, 6) is -0.157. The van der Waals surface area contributed by atoms with E-state index in [1.807, 2.05) is 24.3 Å². The van der Waals surface area contributed by atoms with Crippen molar-refractivity contribution in [2.45, 2.75) is 44.4 Å². The minimum Gasteiger partial charge on any atom is -0.296 e. The molecule has 1 aromatic carbocycles. The average molecular weight is 424 g/mol. The maximum Gasteiger partial charge on any atom is 0.390 e. The number of benzene rings is 1. The summed E-state index contributed by atoms with van der Waals surface area (Å²) in [6.07, 6.45) is 0.198. The lowest BCUT2D eigenvalue weighted by Crippen LogP contribution is -2.26. The van der Waals surface area contributed by atoms with E-state index in [1.54, 1.807) is 11.6 Å². The highest BCUT2D eigenvalue weighted by Crippen LogP contribution is 2.32. The van der Waals surface area contributed by atoms with Gasteiger partial charge in [-0.2, -0.15) is 18.0 Å². The summed E-state index contributed by atoms with van der Waals surface area (Å²) in [6, 6.07) is 8.06. The Morgan fingerprint density at radius 1 is 1.27 bits per heavy atom. The third kappa shape index (κ3) is 6.36. The molecule has 1 aliphatic heterocycles. The molecule has 0 radical (unpaired) electrons. The quantitative estimate of drug-likeness (QED) is 0.384. The first-order valence-electron chi connectivity index (χ1n) is 9.63. The van der Waals surface area contributed by atoms with Gasteiger partial charge in [-0.15, -0.1) is 10.2 Å². The zero-order chi connectivity index (χ0) is 21.6. The van der Waals surface area contributed by atoms with Crippen molar-refractivity contribution in [3.8, 4) is 0 Å². The molecule has 1 saturated heterocycles. The molecule has 1 atom stereocenters. The monoisotopic (exact) mass is 424 g/mol. The molecule has 0 spiro atoms. The number of amides is 1. The highest BCUT2D eigenvalue weighted by atomic mass is 19.4. The number of hydrogen-bond donors (Lipinski definition) is 2. The number of carbonyl (C=O) groups is 1. The standard InChI is InChI=1S/C19H23F3N6O2/c20-19(21,22)10-13-28-24-17(23-26-28)9-12-27-11-1-2-16(27)15-6-3-14(4-7-15)5-8-18(29)25-30/h3-8,16,30H,1-2,9-13H2,(H,25,29). The molecule has 11 heteroatoms. The molecule has 1 fully saturated rings. The van der Waals surface area contributed by atoms with Crippen molar-refractivity contribution in [3.63, 3.8) is 0 Å². The Bertz CT molecular complexity index is 866. The number of halogens is 3. The molecule has 0 bridgehead atoms. The molecule has 2 N–H and O–H groups in total. The summed E-state index contributed by atoms with van der Waals surface area (Å²) in [7, 11) is 0. The second kappa shape index (κ2) is 9.81. The molecule has 30 heavy (non-hydrogen) atoms. The highest BCUT2D eigenvalue weighted by molar-refractivity contribution is 5.90. The number of likely N-dealkylation sites (tertiary alicyclic amines) is 1. The maximum atomic E-state index is 12.3. The van der Waals surface area contributed by atoms with Gasteiger partial charge < -0.3 is 0 Å². The Kier molecular flexibility index (Phi) is 7.16. The molecule has 2 heterocycles. The van der Waals surface area contributed by atoms with Crippen molar-refractivity contribution in [2.24, 2.45) is 0 Å². The average Bonchev–Trinajstić information content (AvgIpc) is 3.38. The molecule has 1 amide bonds. The van der Waals surface area contributed by atoms with Crippen molar-refractivity contribution in [3.05, 3.63) is 47.3 Å². The fourth-order valence-electron chi connectivity index (χ4n) is 3.45. The largest absolute Gasteiger partial charge is 0.390 e. The second-order valence-electron chi connectivity index (χ2n) is 7.09. The molecule has 0 saturated carbocycles. The lowest BCUT2D eigenvalue weighted by molar-refractivity contribution is -0.137. The smallest absolute Gasteiger partial charge is 0.296 e. The highest BCUT2D eigenvalue weighted by Gasteiger charge is 2.28. The lowest BCUT2D eigenvalue weighted by atomic mass is 10.0. The molecule has 0 aliphatic carbocycles. The summed E-state index contributed by atoms with van der Waals surface area (Å²) in [5, 5.41) is 20.1. The summed E-state index contributed by atoms with van der Waals surface area (Å²) in [4.78, 5) is 14.4. The summed E-state index contributed by atoms with van der Waals surface area (Å²) in [6.45, 7) is 1.28. The van der Waals surface area contributed by atoms with Crippen molar-refractivity contribution in [2.75, 3.05) is 13.1 Å². The van der Waals surface area contributed by atoms with Crippen LogP contribution >= 0.6 is 0 Å². The lowest BCUT2D eigenvalue weighted by Gasteiger charge is -2.24. The SMILES string of the molecule is O=C(C=Cc1ccc(C2CCCN2CCc2nnn(CCC(F)(F)F)n2)cc1)NO. The Morgan fingerprint density at radius 2 is 2.03 bits per heavy atom. The van der Waals surface area contributed by atoms with Crippen LogP contribution in [0.3, 0.4) is 0 Å². The number of nitrogens with zero attached hydrogens (tertiary/aromatic N) is 5. The maximum absolute atomic E-state index is 12.3. The van der Waals surface area contributed by atoms with Gasteiger partial charge in [-0.1, -0.05) is 24.3 Å². The van der Waals surface area contributed by atoms with Gasteiger partial charge in [-0.25, -0.2) is 5.48 Å². The number of aromatic nitrogens is 4. The first-order valence-corrected chi connectivity index (χ1v) is 9.63. The number of nitrogens with one attached hydrogen (secondary N) is 1. The van der Waals surface area contributed by atoms with Gasteiger partial charge in [0.05, 0.1) is 13.0 Å². The van der Waals surface area contributed by atoms with Gasteiger partial charge in [0.25, 0.3) is 5.91 Å². The van der Waals surface area contributed by atoms with E-state index in [1.165, 1.54) is 6.08 Å². The number of alkyl halides is 3. The van der Waals surface area contributed by atoms with Crippen LogP contribution in [0.5, 0.6) is 0 Å². The molecule has 8 nitrogen and oxygen atoms in total. The van der Waals surface area contributed by atoms with E-state index < -0.39 is 18.5 Å². The first kappa shape index (κ1) is 21.9. The molecule has 1 aliphatic rings. The van der Waals surface area contributed by atoms with Gasteiger partial charge in [0, 0.05) is 25.1 Å². The molecule has 1 aromatic heterocycles. The van der Waals surface area contributed by atoms with Gasteiger partial charge in [0.15, 0.2) is 5.82 Å². The first-order chi connectivity index (χ1) is 14.3. The van der Waals surface area contributed by atoms with Crippen LogP contribution in [0.1, 0.15) is 42.3 Å². The number of hydroxylamine groups is 1. The van der Waals surface area contributed by atoms with Crippen molar-refractivity contribution < 1.29 is 23.2 Å². The Hall–Kier alpha value is -2.79. The van der Waals surface area contributed by atoms with Gasteiger partial charge >= 0.3 is 6.18 Å². The van der Waals surface area contributed by atoms with Crippen LogP contribution < -0.4 is 5.48 Å². The Balaban J connectivity index is 1.54. The van der Waals surface area contributed by atoms with E-state index in [2.05, 4.69) is 20.3 Å². The van der Waals surface area contributed by atoms with Crippen molar-refractivity contribution in [1.29, 1.82) is 0 Å². The second-order valence-corrected chi connectivity index (χ2v) is 7.09. The van der Waals surface area contributed by atoms with E-state index in [4.69, 9.17) is 5.21 Å². The zero-order valence-corrected chi connectivity index (χ0v) is 16.2. The summed E-state index contributed by atoms with van der Waals surface area (Å²) in [5.41, 5.74) is 3.53. The topological polar surface area (TPSA) is 96.2 Å². The van der Waals surface area contributed by atoms with Crippen LogP contribution in [0, 0.1) is 0 Å². The Labute approximate surface area is 171 Å². The van der Waals surface area contributed by atoms with Crippen LogP contribution in [0.25, 0.3) is 6.08 Å². The van der Waals surface area contributed by atoms with Gasteiger partial charge in [-0.3, -0.25) is 14.9 Å². The van der Waals surface area contributed by atoms with Crippen LogP contribution in [0.4, 0.5) is 13.2 Å². The predicted octanol–water partition coefficient (Wildman–Crippen LogP) is 2.52. The van der Waals surface area contributed by atoms with Crippen LogP contribution in [-0.4, -0.2) is 55.5 Å². The van der Waals surface area contributed by atoms with E-state index in [0.717, 1.165) is 35.3 Å². The van der Waals surface area contributed by atoms with Gasteiger partial charge in [0.1, 0.15) is 0 Å². The molecular weight excluding hydrogens is 401 g/mol. The van der Waals surface area contributed by atoms with E-state index >= 15 is 0 Å². The molecule has 2 aromatic rings. The number of aryl methyl sites for hydroxylation is 1. The minimum atomic E-state index is -4.24. The van der Waals surface area contributed by atoms with Crippen LogP contribution in [0.2, 0.25) is 0 Å². The normalized spacial score (nSPS) is 17.7. The third-order valence-electron chi connectivity index (χ3n) is 4.93. The number of rotatable bonds is 8. The van der Waals surface area contributed by atoms with Crippen molar-refractivity contribution in [1.82, 2.24) is 30.6 Å². The van der Waals surface area contributed by atoms with E-state index in [9.17, 15) is 18.0 Å². The molecule has 162 valence electrons. The fraction of sp³-hybridized carbons (Fsp3) is 0.474. The Morgan fingerprint density at radius 3 is 2.73 bits per heavy atom. The molecular formula is C19H23F3N6O2. The molecule has 1 unspecified atom stereocenters. The van der Waals surface area contributed by atoms with E-state index in [0.29, 0.717) is 18.8 Å². The summed E-state index contributed by atoms with van der Waals surface area (Å²) < 4.78 is 36.9. The zero-order valence-electron chi connectivity index (χ0n) is 16.2. The predicted molar refractivity (Wildman–Crippen MR) is 101 cm³/mol. The van der Waals surface area contributed by atoms with Gasteiger partial charge in [-0.05, 0) is 41.8 Å². The third-order valence-corrected chi connectivity index (χ3v) is 4.93. The summed E-state index contributed by atoms with van der Waals surface area (Å²) >= 11 is 0. The molecule has 3 rings (SSSR count). The number of hydrogen-bond acceptors (Lipinski definition) is 6. The minimum absolute atomic E-state index is 0.240. The van der Waals surface area contributed by atoms with Crippen LogP contribution in [0.15, 0.2) is 30.3 Å². The fourth-order valence-corrected chi connectivity index (χ4v) is 3.45. The van der Waals surface area contributed by atoms with Gasteiger partial charge in [0.2, 0.25) is 0 Å². The van der Waals surface area contributed by atoms with Crippen molar-refractivity contribution >= 4 is 12.0 Å². The van der Waals surface area contributed by atoms with Crippen LogP contribution in [-0.2, 0) is 17.8 Å². The number of tetrazole rings is 1. The van der Waals surface area contributed by atoms with E-state index in [-0.39, 0.29) is 12.6 Å².